The summed E-state index contributed by atoms with van der Waals surface area (Å²) in [6.45, 7) is 7.05. The summed E-state index contributed by atoms with van der Waals surface area (Å²) < 4.78 is 0. The molecular formula is C18H25N3O2. The van der Waals surface area contributed by atoms with Crippen LogP contribution >= 0.6 is 0 Å². The van der Waals surface area contributed by atoms with E-state index in [4.69, 9.17) is 0 Å². The van der Waals surface area contributed by atoms with E-state index in [1.165, 1.54) is 0 Å². The molecule has 2 amide bonds. The minimum absolute atomic E-state index is 0.0621. The molecule has 3 rings (SSSR count). The molecule has 1 aromatic carbocycles. The number of carbonyl (C=O) groups is 2. The van der Waals surface area contributed by atoms with E-state index in [-0.39, 0.29) is 23.8 Å². The molecular weight excluding hydrogens is 290 g/mol. The summed E-state index contributed by atoms with van der Waals surface area (Å²) in [5.41, 5.74) is 2.12. The van der Waals surface area contributed by atoms with Crippen molar-refractivity contribution in [2.45, 2.75) is 32.7 Å². The molecule has 0 aromatic heterocycles. The van der Waals surface area contributed by atoms with Crippen molar-refractivity contribution in [3.63, 3.8) is 0 Å². The van der Waals surface area contributed by atoms with Crippen molar-refractivity contribution in [2.24, 2.45) is 5.92 Å². The maximum atomic E-state index is 12.8. The van der Waals surface area contributed by atoms with Gasteiger partial charge >= 0.3 is 0 Å². The fourth-order valence-electron chi connectivity index (χ4n) is 3.58. The second-order valence-electron chi connectivity index (χ2n) is 6.47. The average Bonchev–Trinajstić information content (AvgIpc) is 2.96. The molecule has 5 heteroatoms. The summed E-state index contributed by atoms with van der Waals surface area (Å²) in [5.74, 6) is -0.0242. The van der Waals surface area contributed by atoms with Crippen LogP contribution in [0.4, 0.5) is 5.69 Å². The predicted octanol–water partition coefficient (Wildman–Crippen LogP) is 1.42. The first kappa shape index (κ1) is 16.0. The van der Waals surface area contributed by atoms with Crippen molar-refractivity contribution in [3.8, 4) is 0 Å². The van der Waals surface area contributed by atoms with Gasteiger partial charge in [-0.05, 0) is 25.0 Å². The standard InChI is InChI=1S/C18H25N3O2/c1-3-14-6-4-5-7-16(14)21-12-15(10-17(21)22)18(23)20-9-8-19-11-13(20)2/h4-7,13,15,19H,3,8-12H2,1-2H3/t13-,15?/m1/s1. The molecule has 5 nitrogen and oxygen atoms in total. The molecule has 1 unspecified atom stereocenters. The lowest BCUT2D eigenvalue weighted by Crippen LogP contribution is -2.54. The van der Waals surface area contributed by atoms with Crippen molar-refractivity contribution in [1.29, 1.82) is 0 Å². The number of carbonyl (C=O) groups excluding carboxylic acids is 2. The van der Waals surface area contributed by atoms with Crippen LogP contribution in [0, 0.1) is 5.92 Å². The fourth-order valence-corrected chi connectivity index (χ4v) is 3.58. The molecule has 2 heterocycles. The minimum Gasteiger partial charge on any atom is -0.337 e. The van der Waals surface area contributed by atoms with Crippen LogP contribution in [0.1, 0.15) is 25.8 Å². The van der Waals surface area contributed by atoms with E-state index in [1.54, 1.807) is 4.90 Å². The van der Waals surface area contributed by atoms with Gasteiger partial charge in [-0.3, -0.25) is 9.59 Å². The monoisotopic (exact) mass is 315 g/mol. The number of amides is 2. The largest absolute Gasteiger partial charge is 0.337 e. The maximum absolute atomic E-state index is 12.8. The lowest BCUT2D eigenvalue weighted by molar-refractivity contribution is -0.138. The first-order valence-corrected chi connectivity index (χ1v) is 8.51. The smallest absolute Gasteiger partial charge is 0.228 e. The molecule has 1 aromatic rings. The van der Waals surface area contributed by atoms with Crippen molar-refractivity contribution in [2.75, 3.05) is 31.1 Å². The number of benzene rings is 1. The van der Waals surface area contributed by atoms with Gasteiger partial charge in [-0.2, -0.15) is 0 Å². The van der Waals surface area contributed by atoms with E-state index in [0.29, 0.717) is 13.0 Å². The van der Waals surface area contributed by atoms with Crippen LogP contribution in [0.25, 0.3) is 0 Å². The molecule has 2 aliphatic heterocycles. The number of hydrogen-bond acceptors (Lipinski definition) is 3. The molecule has 1 N–H and O–H groups in total. The molecule has 23 heavy (non-hydrogen) atoms. The number of aryl methyl sites for hydroxylation is 1. The molecule has 2 atom stereocenters. The Balaban J connectivity index is 1.75. The molecule has 0 spiro atoms. The van der Waals surface area contributed by atoms with Crippen molar-refractivity contribution in [1.82, 2.24) is 10.2 Å². The normalized spacial score (nSPS) is 25.0. The number of anilines is 1. The van der Waals surface area contributed by atoms with Crippen LogP contribution < -0.4 is 10.2 Å². The zero-order valence-electron chi connectivity index (χ0n) is 13.9. The van der Waals surface area contributed by atoms with E-state index >= 15 is 0 Å². The summed E-state index contributed by atoms with van der Waals surface area (Å²) >= 11 is 0. The number of rotatable bonds is 3. The van der Waals surface area contributed by atoms with Crippen LogP contribution in [0.2, 0.25) is 0 Å². The van der Waals surface area contributed by atoms with Gasteiger partial charge in [0, 0.05) is 44.3 Å². The Labute approximate surface area is 137 Å². The van der Waals surface area contributed by atoms with Crippen LogP contribution in [0.5, 0.6) is 0 Å². The van der Waals surface area contributed by atoms with Crippen molar-refractivity contribution >= 4 is 17.5 Å². The summed E-state index contributed by atoms with van der Waals surface area (Å²) in [6, 6.07) is 8.18. The summed E-state index contributed by atoms with van der Waals surface area (Å²) in [6.07, 6.45) is 1.21. The van der Waals surface area contributed by atoms with Crippen LogP contribution in [-0.4, -0.2) is 48.9 Å². The van der Waals surface area contributed by atoms with Gasteiger partial charge in [-0.15, -0.1) is 0 Å². The van der Waals surface area contributed by atoms with Gasteiger partial charge < -0.3 is 15.1 Å². The average molecular weight is 315 g/mol. The Morgan fingerprint density at radius 2 is 2.13 bits per heavy atom. The van der Waals surface area contributed by atoms with E-state index in [2.05, 4.69) is 25.2 Å². The highest BCUT2D eigenvalue weighted by molar-refractivity contribution is 6.00. The van der Waals surface area contributed by atoms with E-state index in [0.717, 1.165) is 37.3 Å². The number of para-hydroxylation sites is 1. The Morgan fingerprint density at radius 3 is 2.87 bits per heavy atom. The van der Waals surface area contributed by atoms with Gasteiger partial charge in [0.05, 0.1) is 5.92 Å². The predicted molar refractivity (Wildman–Crippen MR) is 90.3 cm³/mol. The first-order chi connectivity index (χ1) is 11.1. The Bertz CT molecular complexity index is 602. The van der Waals surface area contributed by atoms with Gasteiger partial charge in [0.25, 0.3) is 0 Å². The Hall–Kier alpha value is -1.88. The van der Waals surface area contributed by atoms with Gasteiger partial charge in [-0.25, -0.2) is 0 Å². The molecule has 124 valence electrons. The molecule has 0 saturated carbocycles. The summed E-state index contributed by atoms with van der Waals surface area (Å²) in [7, 11) is 0. The third-order valence-electron chi connectivity index (χ3n) is 4.92. The highest BCUT2D eigenvalue weighted by Crippen LogP contribution is 2.29. The highest BCUT2D eigenvalue weighted by Gasteiger charge is 2.39. The lowest BCUT2D eigenvalue weighted by atomic mass is 10.0. The third-order valence-corrected chi connectivity index (χ3v) is 4.92. The first-order valence-electron chi connectivity index (χ1n) is 8.51. The van der Waals surface area contributed by atoms with E-state index in [9.17, 15) is 9.59 Å². The topological polar surface area (TPSA) is 52.7 Å². The number of hydrogen-bond donors (Lipinski definition) is 1. The number of nitrogens with zero attached hydrogens (tertiary/aromatic N) is 2. The minimum atomic E-state index is -0.215. The number of nitrogens with one attached hydrogen (secondary N) is 1. The van der Waals surface area contributed by atoms with Gasteiger partial charge in [-0.1, -0.05) is 25.1 Å². The Kier molecular flexibility index (Phi) is 4.66. The van der Waals surface area contributed by atoms with Crippen LogP contribution in [0.15, 0.2) is 24.3 Å². The zero-order valence-corrected chi connectivity index (χ0v) is 13.9. The lowest BCUT2D eigenvalue weighted by Gasteiger charge is -2.35. The van der Waals surface area contributed by atoms with E-state index < -0.39 is 0 Å². The molecule has 2 saturated heterocycles. The Morgan fingerprint density at radius 1 is 1.35 bits per heavy atom. The highest BCUT2D eigenvalue weighted by atomic mass is 16.2. The van der Waals surface area contributed by atoms with Gasteiger partial charge in [0.15, 0.2) is 0 Å². The second kappa shape index (κ2) is 6.71. The van der Waals surface area contributed by atoms with Crippen molar-refractivity contribution in [3.05, 3.63) is 29.8 Å². The molecule has 2 fully saturated rings. The molecule has 0 bridgehead atoms. The number of piperazine rings is 1. The van der Waals surface area contributed by atoms with Crippen LogP contribution in [-0.2, 0) is 16.0 Å². The van der Waals surface area contributed by atoms with E-state index in [1.807, 2.05) is 23.1 Å². The quantitative estimate of drug-likeness (QED) is 0.918. The maximum Gasteiger partial charge on any atom is 0.228 e. The molecule has 0 radical (unpaired) electrons. The second-order valence-corrected chi connectivity index (χ2v) is 6.47. The summed E-state index contributed by atoms with van der Waals surface area (Å²) in [5, 5.41) is 3.30. The summed E-state index contributed by atoms with van der Waals surface area (Å²) in [4.78, 5) is 29.0. The van der Waals surface area contributed by atoms with Crippen molar-refractivity contribution < 1.29 is 9.59 Å². The van der Waals surface area contributed by atoms with Crippen LogP contribution in [0.3, 0.4) is 0 Å². The zero-order chi connectivity index (χ0) is 16.4. The van der Waals surface area contributed by atoms with Gasteiger partial charge in [0.2, 0.25) is 11.8 Å². The molecule has 2 aliphatic rings. The fraction of sp³-hybridized carbons (Fsp3) is 0.556. The van der Waals surface area contributed by atoms with Gasteiger partial charge in [0.1, 0.15) is 0 Å². The third kappa shape index (κ3) is 3.11. The molecule has 0 aliphatic carbocycles. The SMILES string of the molecule is CCc1ccccc1N1CC(C(=O)N2CCNC[C@H]2C)CC1=O.